The van der Waals surface area contributed by atoms with E-state index in [0.717, 1.165) is 17.8 Å². The van der Waals surface area contributed by atoms with E-state index in [9.17, 15) is 0 Å². The van der Waals surface area contributed by atoms with Gasteiger partial charge in [0.05, 0.1) is 39.1 Å². The Hall–Kier alpha value is -8.34. The summed E-state index contributed by atoms with van der Waals surface area (Å²) in [5.41, 5.74) is 19.7. The van der Waals surface area contributed by atoms with E-state index < -0.39 is 0 Å². The third-order valence-electron chi connectivity index (χ3n) is 14.3. The topological polar surface area (TPSA) is 18.0 Å². The Balaban J connectivity index is 0.996. The predicted octanol–water partition coefficient (Wildman–Crippen LogP) is 15.5. The van der Waals surface area contributed by atoms with Gasteiger partial charge in [-0.1, -0.05) is 127 Å². The van der Waals surface area contributed by atoms with Crippen LogP contribution in [0.3, 0.4) is 0 Å². The number of aromatic nitrogens is 3. The zero-order valence-corrected chi connectivity index (χ0v) is 35.9. The van der Waals surface area contributed by atoms with Gasteiger partial charge < -0.3 is 18.6 Å². The van der Waals surface area contributed by atoms with Crippen LogP contribution in [0.1, 0.15) is 12.0 Å². The molecule has 14 rings (SSSR count). The van der Waals surface area contributed by atoms with Gasteiger partial charge in [0.15, 0.2) is 0 Å². The highest BCUT2D eigenvalue weighted by atomic mass is 15.2. The number of likely N-dealkylation sites (N-methyl/N-ethyl adjacent to an activating group) is 1. The summed E-state index contributed by atoms with van der Waals surface area (Å²) in [6, 6.07) is 76.5. The molecule has 4 nitrogen and oxygen atoms in total. The number of rotatable bonds is 5. The Morgan fingerprint density at radius 2 is 0.846 bits per heavy atom. The van der Waals surface area contributed by atoms with Gasteiger partial charge in [0, 0.05) is 67.7 Å². The first-order valence-electron chi connectivity index (χ1n) is 22.7. The monoisotopic (exact) mass is 830 g/mol. The fraction of sp³-hybridized carbons (Fsp3) is 0.0492. The Morgan fingerprint density at radius 1 is 0.369 bits per heavy atom. The molecule has 1 unspecified atom stereocenters. The molecule has 4 heteroatoms. The second-order valence-electron chi connectivity index (χ2n) is 17.7. The molecule has 0 saturated carbocycles. The zero-order chi connectivity index (χ0) is 42.8. The van der Waals surface area contributed by atoms with Crippen molar-refractivity contribution in [3.8, 4) is 33.6 Å². The van der Waals surface area contributed by atoms with Crippen LogP contribution in [0, 0.1) is 0 Å². The van der Waals surface area contributed by atoms with Crippen molar-refractivity contribution in [3.63, 3.8) is 0 Å². The van der Waals surface area contributed by atoms with Gasteiger partial charge in [-0.2, -0.15) is 0 Å². The van der Waals surface area contributed by atoms with Crippen molar-refractivity contribution in [3.05, 3.63) is 224 Å². The first kappa shape index (κ1) is 36.2. The van der Waals surface area contributed by atoms with Crippen molar-refractivity contribution in [2.45, 2.75) is 12.5 Å². The minimum absolute atomic E-state index is 0.337. The number of hydrogen-bond acceptors (Lipinski definition) is 1. The Kier molecular flexibility index (Phi) is 7.70. The maximum Gasteiger partial charge on any atom is 0.0582 e. The van der Waals surface area contributed by atoms with E-state index in [4.69, 9.17) is 0 Å². The van der Waals surface area contributed by atoms with Crippen LogP contribution in [-0.2, 0) is 0 Å². The maximum absolute atomic E-state index is 2.51. The maximum atomic E-state index is 2.51. The molecular weight excluding hydrogens is 789 g/mol. The molecule has 3 aromatic heterocycles. The van der Waals surface area contributed by atoms with E-state index in [1.54, 1.807) is 0 Å². The molecule has 12 aromatic rings. The molecule has 1 atom stereocenters. The van der Waals surface area contributed by atoms with E-state index in [2.05, 4.69) is 244 Å². The molecule has 9 aromatic carbocycles. The molecule has 0 amide bonds. The number of allylic oxidation sites excluding steroid dienone is 2. The lowest BCUT2D eigenvalue weighted by atomic mass is 9.94. The van der Waals surface area contributed by atoms with Crippen molar-refractivity contribution >= 4 is 82.4 Å². The third kappa shape index (κ3) is 5.31. The highest BCUT2D eigenvalue weighted by molar-refractivity contribution is 6.15. The summed E-state index contributed by atoms with van der Waals surface area (Å²) < 4.78 is 7.36. The van der Waals surface area contributed by atoms with Crippen LogP contribution < -0.4 is 4.90 Å². The molecule has 1 aliphatic carbocycles. The van der Waals surface area contributed by atoms with E-state index in [1.807, 2.05) is 0 Å². The number of nitrogens with zero attached hydrogens (tertiary/aromatic N) is 4. The van der Waals surface area contributed by atoms with Gasteiger partial charge in [0.1, 0.15) is 0 Å². The van der Waals surface area contributed by atoms with Crippen LogP contribution in [0.5, 0.6) is 0 Å². The molecule has 0 fully saturated rings. The SMILES string of the molecule is CN1c2ccccc2C2=CC(n3c4ccc(-c5ccc6c(c5)c5cc(-c7ccccc7)ccc5n6-c5ccccc5)cc4c4cc(-n5c6ccccc6c6ccccc65)ccc43)=CCC21. The van der Waals surface area contributed by atoms with Crippen molar-refractivity contribution in [1.29, 1.82) is 0 Å². The second kappa shape index (κ2) is 13.8. The molecule has 65 heavy (non-hydrogen) atoms. The lowest BCUT2D eigenvalue weighted by Crippen LogP contribution is -2.27. The van der Waals surface area contributed by atoms with Gasteiger partial charge in [-0.25, -0.2) is 0 Å². The first-order chi connectivity index (χ1) is 32.2. The standard InChI is InChI=1S/C61H42N4/c1-62-54-21-11-8-20-48(54)52-37-44(27-32-55(52)62)65-60-31-26-42(36-51(60)53-38-45(28-33-61(53)65)64-56-22-12-9-18-46(56)47-19-10-13-23-57(47)64)41-25-30-59-50(35-41)49-34-40(39-14-4-2-5-15-39)24-29-58(49)63(59)43-16-6-3-7-17-43/h2-31,33-38,55H,32H2,1H3. The molecular formula is C61H42N4. The van der Waals surface area contributed by atoms with Crippen LogP contribution in [0.2, 0.25) is 0 Å². The molecule has 2 aliphatic rings. The second-order valence-corrected chi connectivity index (χ2v) is 17.7. The quantitative estimate of drug-likeness (QED) is 0.169. The summed E-state index contributed by atoms with van der Waals surface area (Å²) in [7, 11) is 2.24. The summed E-state index contributed by atoms with van der Waals surface area (Å²) in [4.78, 5) is 2.45. The largest absolute Gasteiger partial charge is 0.367 e. The van der Waals surface area contributed by atoms with E-state index >= 15 is 0 Å². The van der Waals surface area contributed by atoms with E-state index in [-0.39, 0.29) is 0 Å². The molecule has 0 N–H and O–H groups in total. The Labute approximate surface area is 376 Å². The molecule has 306 valence electrons. The fourth-order valence-electron chi connectivity index (χ4n) is 11.3. The molecule has 0 bridgehead atoms. The van der Waals surface area contributed by atoms with Crippen LogP contribution >= 0.6 is 0 Å². The van der Waals surface area contributed by atoms with Crippen molar-refractivity contribution in [2.75, 3.05) is 11.9 Å². The van der Waals surface area contributed by atoms with Crippen molar-refractivity contribution in [2.24, 2.45) is 0 Å². The number of para-hydroxylation sites is 4. The first-order valence-corrected chi connectivity index (χ1v) is 22.7. The average molecular weight is 831 g/mol. The van der Waals surface area contributed by atoms with Crippen LogP contribution in [0.4, 0.5) is 5.69 Å². The minimum Gasteiger partial charge on any atom is -0.367 e. The molecule has 4 heterocycles. The Morgan fingerprint density at radius 3 is 1.49 bits per heavy atom. The summed E-state index contributed by atoms with van der Waals surface area (Å²) in [5, 5.41) is 7.50. The lowest BCUT2D eigenvalue weighted by Gasteiger charge is -2.26. The van der Waals surface area contributed by atoms with Crippen LogP contribution in [0.25, 0.3) is 110 Å². The summed E-state index contributed by atoms with van der Waals surface area (Å²) in [6.07, 6.45) is 5.85. The average Bonchev–Trinajstić information content (AvgIpc) is 4.08. The van der Waals surface area contributed by atoms with Gasteiger partial charge in [-0.15, -0.1) is 0 Å². The van der Waals surface area contributed by atoms with Crippen LogP contribution in [0.15, 0.2) is 218 Å². The minimum atomic E-state index is 0.337. The normalized spacial score (nSPS) is 14.8. The molecule has 0 spiro atoms. The van der Waals surface area contributed by atoms with Gasteiger partial charge in [0.25, 0.3) is 0 Å². The molecule has 0 saturated heterocycles. The molecule has 0 radical (unpaired) electrons. The van der Waals surface area contributed by atoms with E-state index in [0.29, 0.717) is 6.04 Å². The van der Waals surface area contributed by atoms with Gasteiger partial charge >= 0.3 is 0 Å². The predicted molar refractivity (Wildman–Crippen MR) is 274 cm³/mol. The molecule has 1 aliphatic heterocycles. The smallest absolute Gasteiger partial charge is 0.0582 e. The number of fused-ring (bicyclic) bond motifs is 12. The number of anilines is 1. The Bertz CT molecular complexity index is 3940. The van der Waals surface area contributed by atoms with Crippen LogP contribution in [-0.4, -0.2) is 26.8 Å². The zero-order valence-electron chi connectivity index (χ0n) is 35.9. The highest BCUT2D eigenvalue weighted by Crippen LogP contribution is 2.46. The summed E-state index contributed by atoms with van der Waals surface area (Å²) in [5.74, 6) is 0. The number of hydrogen-bond donors (Lipinski definition) is 0. The third-order valence-corrected chi connectivity index (χ3v) is 14.3. The number of benzene rings is 9. The van der Waals surface area contributed by atoms with Gasteiger partial charge in [-0.05, 0) is 125 Å². The summed E-state index contributed by atoms with van der Waals surface area (Å²) >= 11 is 0. The fourth-order valence-corrected chi connectivity index (χ4v) is 11.3. The summed E-state index contributed by atoms with van der Waals surface area (Å²) in [6.45, 7) is 0. The highest BCUT2D eigenvalue weighted by Gasteiger charge is 2.33. The van der Waals surface area contributed by atoms with Crippen molar-refractivity contribution in [1.82, 2.24) is 13.7 Å². The lowest BCUT2D eigenvalue weighted by molar-refractivity contribution is 0.795. The van der Waals surface area contributed by atoms with Gasteiger partial charge in [-0.3, -0.25) is 0 Å². The van der Waals surface area contributed by atoms with Gasteiger partial charge in [0.2, 0.25) is 0 Å². The van der Waals surface area contributed by atoms with Crippen molar-refractivity contribution < 1.29 is 0 Å². The van der Waals surface area contributed by atoms with E-state index in [1.165, 1.54) is 110 Å².